The molecule has 0 radical (unpaired) electrons. The first-order valence-corrected chi connectivity index (χ1v) is 26.6. The van der Waals surface area contributed by atoms with Crippen LogP contribution in [0.2, 0.25) is 0 Å². The number of nitrogens with zero attached hydrogens (tertiary/aromatic N) is 4. The van der Waals surface area contributed by atoms with Gasteiger partial charge in [-0.1, -0.05) is 51.0 Å². The molecule has 410 valence electrons. The third kappa shape index (κ3) is 11.8. The van der Waals surface area contributed by atoms with Gasteiger partial charge in [-0.15, -0.1) is 0 Å². The third-order valence-corrected chi connectivity index (χ3v) is 13.4. The van der Waals surface area contributed by atoms with Crippen LogP contribution in [0, 0.1) is 0 Å². The Morgan fingerprint density at radius 2 is 0.750 bits per heavy atom. The van der Waals surface area contributed by atoms with Crippen LogP contribution in [-0.2, 0) is 0 Å². The van der Waals surface area contributed by atoms with Crippen molar-refractivity contribution in [3.63, 3.8) is 0 Å². The largest absolute Gasteiger partial charge is 0.493 e. The van der Waals surface area contributed by atoms with Crippen molar-refractivity contribution in [1.82, 2.24) is 30.8 Å². The van der Waals surface area contributed by atoms with E-state index in [0.29, 0.717) is 81.6 Å². The molecular weight excluding hydrogens is 1010 g/mol. The molecule has 4 aromatic carbocycles. The molecule has 0 atom stereocenters. The standard InChI is InChI=1S/C64H66N8O8/c1-11-13-31-79-61-53(75-7)33-43(34-54(61)76-8)59-49-27-23-45(65-49)57(39-15-19-41(20-16-39)63(73)71-69-37(3)4)47-25-29-51(67-47)60(44-35-55(77-9)62(56(36-44)78-10)80-32-14-12-2)52-30-26-48(68-52)58(46-24-28-50(59)66-46)40-17-21-42(22-18-40)64(74)72-70-38(5)6/h15-30,33-36,65,68H,11-14,31-32H2,1-10H3,(H,71,73)(H,72,74). The second-order valence-electron chi connectivity index (χ2n) is 19.5. The lowest BCUT2D eigenvalue weighted by Crippen LogP contribution is -2.18. The summed E-state index contributed by atoms with van der Waals surface area (Å²) in [6, 6.07) is 30.6. The van der Waals surface area contributed by atoms with Gasteiger partial charge in [0.1, 0.15) is 0 Å². The van der Waals surface area contributed by atoms with E-state index in [1.807, 2.05) is 125 Å². The number of hydrogen-bond acceptors (Lipinski definition) is 12. The number of aromatic nitrogens is 4. The van der Waals surface area contributed by atoms with Crippen LogP contribution in [0.25, 0.3) is 90.9 Å². The molecule has 7 aromatic rings. The Balaban J connectivity index is 1.40. The number of carbonyl (C=O) groups is 2. The van der Waals surface area contributed by atoms with Gasteiger partial charge in [-0.05, 0) is 160 Å². The number of methoxy groups -OCH3 is 4. The number of amides is 2. The van der Waals surface area contributed by atoms with Crippen molar-refractivity contribution in [3.05, 3.63) is 131 Å². The van der Waals surface area contributed by atoms with Crippen molar-refractivity contribution < 1.29 is 38.0 Å². The molecule has 16 nitrogen and oxygen atoms in total. The minimum absolute atomic E-state index is 0.334. The molecule has 0 saturated carbocycles. The topological polar surface area (TPSA) is 196 Å². The second-order valence-corrected chi connectivity index (χ2v) is 19.5. The lowest BCUT2D eigenvalue weighted by molar-refractivity contribution is 0.0947. The number of unbranched alkanes of at least 4 members (excludes halogenated alkanes) is 2. The maximum atomic E-state index is 13.3. The Kier molecular flexibility index (Phi) is 17.2. The Hall–Kier alpha value is -9.44. The van der Waals surface area contributed by atoms with Gasteiger partial charge in [0.05, 0.1) is 64.4 Å². The van der Waals surface area contributed by atoms with Crippen molar-refractivity contribution in [1.29, 1.82) is 0 Å². The predicted octanol–water partition coefficient (Wildman–Crippen LogP) is 14.0. The predicted molar refractivity (Wildman–Crippen MR) is 320 cm³/mol. The van der Waals surface area contributed by atoms with Crippen molar-refractivity contribution >= 4 is 69.6 Å². The van der Waals surface area contributed by atoms with Crippen LogP contribution in [0.1, 0.15) is 111 Å². The number of H-pyrrole nitrogens is 2. The molecule has 0 unspecified atom stereocenters. The molecule has 5 heterocycles. The minimum Gasteiger partial charge on any atom is -0.493 e. The van der Waals surface area contributed by atoms with Gasteiger partial charge in [0.15, 0.2) is 23.0 Å². The highest BCUT2D eigenvalue weighted by Gasteiger charge is 2.24. The van der Waals surface area contributed by atoms with Gasteiger partial charge in [-0.25, -0.2) is 20.8 Å². The van der Waals surface area contributed by atoms with Gasteiger partial charge in [0.25, 0.3) is 11.8 Å². The van der Waals surface area contributed by atoms with E-state index in [1.54, 1.807) is 52.7 Å². The van der Waals surface area contributed by atoms with Crippen molar-refractivity contribution in [2.45, 2.75) is 67.2 Å². The zero-order chi connectivity index (χ0) is 56.5. The molecule has 4 N–H and O–H groups in total. The Morgan fingerprint density at radius 1 is 0.450 bits per heavy atom. The lowest BCUT2D eigenvalue weighted by Gasteiger charge is -2.16. The highest BCUT2D eigenvalue weighted by atomic mass is 16.5. The molecule has 3 aromatic heterocycles. The maximum Gasteiger partial charge on any atom is 0.271 e. The Labute approximate surface area is 465 Å². The van der Waals surface area contributed by atoms with E-state index in [1.165, 1.54) is 0 Å². The number of nitrogens with one attached hydrogen (secondary N) is 4. The zero-order valence-electron chi connectivity index (χ0n) is 46.8. The quantitative estimate of drug-likeness (QED) is 0.0324. The highest BCUT2D eigenvalue weighted by molar-refractivity contribution is 6.02. The molecule has 9 rings (SSSR count). The van der Waals surface area contributed by atoms with Crippen LogP contribution in [0.3, 0.4) is 0 Å². The van der Waals surface area contributed by atoms with E-state index in [4.69, 9.17) is 38.4 Å². The van der Waals surface area contributed by atoms with Crippen molar-refractivity contribution in [2.24, 2.45) is 10.2 Å². The van der Waals surface area contributed by atoms with E-state index in [-0.39, 0.29) is 11.8 Å². The summed E-state index contributed by atoms with van der Waals surface area (Å²) in [6.45, 7) is 12.5. The summed E-state index contributed by atoms with van der Waals surface area (Å²) >= 11 is 0. The van der Waals surface area contributed by atoms with E-state index >= 15 is 0 Å². The summed E-state index contributed by atoms with van der Waals surface area (Å²) in [5.74, 6) is 2.32. The van der Waals surface area contributed by atoms with Gasteiger partial charge >= 0.3 is 0 Å². The summed E-state index contributed by atoms with van der Waals surface area (Å²) < 4.78 is 36.7. The number of fused-ring (bicyclic) bond motifs is 8. The maximum absolute atomic E-state index is 13.3. The molecule has 0 saturated heterocycles. The summed E-state index contributed by atoms with van der Waals surface area (Å²) in [7, 11) is 6.45. The van der Waals surface area contributed by atoms with Crippen molar-refractivity contribution in [3.8, 4) is 79.0 Å². The van der Waals surface area contributed by atoms with E-state index in [9.17, 15) is 9.59 Å². The van der Waals surface area contributed by atoms with Gasteiger partial charge in [-0.3, -0.25) is 9.59 Å². The Morgan fingerprint density at radius 3 is 1.02 bits per heavy atom. The van der Waals surface area contributed by atoms with Crippen LogP contribution < -0.4 is 39.3 Å². The molecule has 2 amide bonds. The highest BCUT2D eigenvalue weighted by Crippen LogP contribution is 2.46. The molecule has 16 heteroatoms. The molecule has 0 spiro atoms. The summed E-state index contributed by atoms with van der Waals surface area (Å²) in [5, 5.41) is 8.28. The van der Waals surface area contributed by atoms with Crippen molar-refractivity contribution in [2.75, 3.05) is 41.7 Å². The number of hydrogen-bond donors (Lipinski definition) is 4. The van der Waals surface area contributed by atoms with E-state index < -0.39 is 0 Å². The number of benzene rings is 4. The first-order valence-electron chi connectivity index (χ1n) is 26.6. The first kappa shape index (κ1) is 55.3. The molecule has 80 heavy (non-hydrogen) atoms. The van der Waals surface area contributed by atoms with E-state index in [2.05, 4.69) is 44.9 Å². The van der Waals surface area contributed by atoms with Gasteiger partial charge in [0.2, 0.25) is 11.5 Å². The number of hydrazone groups is 2. The monoisotopic (exact) mass is 1070 g/mol. The molecular formula is C64H66N8O8. The minimum atomic E-state index is -0.334. The van der Waals surface area contributed by atoms with Crippen LogP contribution in [0.5, 0.6) is 34.5 Å². The van der Waals surface area contributed by atoms with E-state index in [0.717, 1.165) is 104 Å². The first-order chi connectivity index (χ1) is 38.9. The van der Waals surface area contributed by atoms with Gasteiger partial charge in [0, 0.05) is 66.9 Å². The van der Waals surface area contributed by atoms with Crippen LogP contribution in [0.15, 0.2) is 107 Å². The summed E-state index contributed by atoms with van der Waals surface area (Å²) in [6.07, 6.45) is 11.6. The fraction of sp³-hybridized carbons (Fsp3) is 0.250. The SMILES string of the molecule is CCCCOc1c(OC)cc(-c2c3nc(c(-c4ccc(C(=O)NN=C(C)C)cc4)c4ccc([nH]4)c(-c4cc(OC)c(OCCCC)c(OC)c4)c4nc(c(-c5ccc(C(=O)NN=C(C)C)cc5)c5ccc2[nH]5)C=C4)C=C3)cc1OC. The lowest BCUT2D eigenvalue weighted by atomic mass is 10.0. The molecule has 0 aliphatic carbocycles. The molecule has 2 aliphatic rings. The second kappa shape index (κ2) is 24.9. The smallest absolute Gasteiger partial charge is 0.271 e. The average molecular weight is 1080 g/mol. The number of carbonyl (C=O) groups excluding carboxylic acids is 2. The molecule has 8 bridgehead atoms. The van der Waals surface area contributed by atoms with Crippen LogP contribution in [-0.4, -0.2) is 84.8 Å². The molecule has 0 fully saturated rings. The van der Waals surface area contributed by atoms with Gasteiger partial charge in [-0.2, -0.15) is 10.2 Å². The zero-order valence-corrected chi connectivity index (χ0v) is 46.8. The van der Waals surface area contributed by atoms with Gasteiger partial charge < -0.3 is 38.4 Å². The number of rotatable bonds is 20. The number of ether oxygens (including phenoxy) is 6. The fourth-order valence-corrected chi connectivity index (χ4v) is 9.42. The fourth-order valence-electron chi connectivity index (χ4n) is 9.42. The van der Waals surface area contributed by atoms with Crippen LogP contribution >= 0.6 is 0 Å². The Bertz CT molecular complexity index is 3470. The molecule has 2 aliphatic heterocycles. The summed E-state index contributed by atoms with van der Waals surface area (Å²) in [4.78, 5) is 45.1. The third-order valence-electron chi connectivity index (χ3n) is 13.4. The summed E-state index contributed by atoms with van der Waals surface area (Å²) in [5.41, 5.74) is 19.2. The normalized spacial score (nSPS) is 11.4. The number of aromatic amines is 2. The average Bonchev–Trinajstić information content (AvgIpc) is 4.38. The van der Waals surface area contributed by atoms with Crippen LogP contribution in [0.4, 0.5) is 0 Å².